The Hall–Kier alpha value is -2.05. The lowest BCUT2D eigenvalue weighted by Gasteiger charge is -2.14. The van der Waals surface area contributed by atoms with Crippen molar-refractivity contribution in [3.8, 4) is 0 Å². The Bertz CT molecular complexity index is 463. The fourth-order valence-electron chi connectivity index (χ4n) is 1.98. The summed E-state index contributed by atoms with van der Waals surface area (Å²) >= 11 is 0. The van der Waals surface area contributed by atoms with E-state index in [1.807, 2.05) is 0 Å². The number of nitrogen functional groups attached to an aromatic ring is 1. The second-order valence-corrected chi connectivity index (χ2v) is 4.21. The molecule has 0 saturated carbocycles. The standard InChI is InChI=1S/C11H16N4O3/c1-18-11(17)10-8(12)6-15(13-10)7-9(16)14-4-2-3-5-14/h6H,2-5,7,12H2,1H3. The van der Waals surface area contributed by atoms with Gasteiger partial charge >= 0.3 is 5.97 Å². The Kier molecular flexibility index (Phi) is 3.50. The average Bonchev–Trinajstić information content (AvgIpc) is 2.97. The van der Waals surface area contributed by atoms with E-state index in [2.05, 4.69) is 9.84 Å². The maximum atomic E-state index is 11.9. The van der Waals surface area contributed by atoms with Crippen molar-refractivity contribution in [1.29, 1.82) is 0 Å². The van der Waals surface area contributed by atoms with Crippen LogP contribution in [0.25, 0.3) is 0 Å². The van der Waals surface area contributed by atoms with Crippen LogP contribution < -0.4 is 5.73 Å². The van der Waals surface area contributed by atoms with Gasteiger partial charge in [-0.2, -0.15) is 5.10 Å². The number of methoxy groups -OCH3 is 1. The summed E-state index contributed by atoms with van der Waals surface area (Å²) in [4.78, 5) is 25.0. The van der Waals surface area contributed by atoms with E-state index in [-0.39, 0.29) is 23.8 Å². The van der Waals surface area contributed by atoms with E-state index >= 15 is 0 Å². The molecular formula is C11H16N4O3. The first-order valence-electron chi connectivity index (χ1n) is 5.81. The maximum absolute atomic E-state index is 11.9. The highest BCUT2D eigenvalue weighted by Crippen LogP contribution is 2.12. The zero-order chi connectivity index (χ0) is 13.1. The first-order valence-corrected chi connectivity index (χ1v) is 5.81. The number of nitrogens with zero attached hydrogens (tertiary/aromatic N) is 3. The third-order valence-corrected chi connectivity index (χ3v) is 2.92. The monoisotopic (exact) mass is 252 g/mol. The summed E-state index contributed by atoms with van der Waals surface area (Å²) in [5, 5.41) is 3.96. The number of esters is 1. The number of hydrogen-bond donors (Lipinski definition) is 1. The lowest BCUT2D eigenvalue weighted by Crippen LogP contribution is -2.31. The molecule has 1 aromatic rings. The van der Waals surface area contributed by atoms with Crippen LogP contribution in [0.4, 0.5) is 5.69 Å². The molecule has 0 aliphatic carbocycles. The minimum absolute atomic E-state index is 0.00795. The van der Waals surface area contributed by atoms with Crippen molar-refractivity contribution < 1.29 is 14.3 Å². The maximum Gasteiger partial charge on any atom is 0.360 e. The number of likely N-dealkylation sites (tertiary alicyclic amines) is 1. The van der Waals surface area contributed by atoms with Crippen LogP contribution in [0.15, 0.2) is 6.20 Å². The molecule has 1 aliphatic rings. The molecule has 0 unspecified atom stereocenters. The number of carbonyl (C=O) groups excluding carboxylic acids is 2. The molecule has 0 bridgehead atoms. The van der Waals surface area contributed by atoms with Gasteiger partial charge < -0.3 is 15.4 Å². The molecule has 2 heterocycles. The van der Waals surface area contributed by atoms with Crippen molar-refractivity contribution in [3.63, 3.8) is 0 Å². The van der Waals surface area contributed by atoms with E-state index < -0.39 is 5.97 Å². The van der Waals surface area contributed by atoms with Crippen molar-refractivity contribution in [2.45, 2.75) is 19.4 Å². The molecule has 1 amide bonds. The first kappa shape index (κ1) is 12.4. The molecule has 1 aromatic heterocycles. The molecular weight excluding hydrogens is 236 g/mol. The van der Waals surface area contributed by atoms with Crippen LogP contribution in [-0.4, -0.2) is 46.8 Å². The van der Waals surface area contributed by atoms with E-state index in [1.165, 1.54) is 18.0 Å². The molecule has 1 saturated heterocycles. The summed E-state index contributed by atoms with van der Waals surface area (Å²) in [5.41, 5.74) is 5.90. The van der Waals surface area contributed by atoms with E-state index in [0.29, 0.717) is 0 Å². The summed E-state index contributed by atoms with van der Waals surface area (Å²) in [5.74, 6) is -0.605. The summed E-state index contributed by atoms with van der Waals surface area (Å²) in [6.07, 6.45) is 3.56. The molecule has 1 aliphatic heterocycles. The number of amides is 1. The van der Waals surface area contributed by atoms with Crippen LogP contribution in [0, 0.1) is 0 Å². The van der Waals surface area contributed by atoms with Gasteiger partial charge in [0.25, 0.3) is 0 Å². The smallest absolute Gasteiger partial charge is 0.360 e. The van der Waals surface area contributed by atoms with Crippen LogP contribution in [0.1, 0.15) is 23.3 Å². The molecule has 7 heteroatoms. The topological polar surface area (TPSA) is 90.4 Å². The summed E-state index contributed by atoms with van der Waals surface area (Å²) in [6, 6.07) is 0. The number of ether oxygens (including phenoxy) is 1. The molecule has 0 aromatic carbocycles. The fraction of sp³-hybridized carbons (Fsp3) is 0.545. The Balaban J connectivity index is 2.05. The number of nitrogens with two attached hydrogens (primary N) is 1. The predicted octanol–water partition coefficient (Wildman–Crippen LogP) is -0.126. The van der Waals surface area contributed by atoms with E-state index in [0.717, 1.165) is 25.9 Å². The Morgan fingerprint density at radius 3 is 2.72 bits per heavy atom. The van der Waals surface area contributed by atoms with Gasteiger partial charge in [0.15, 0.2) is 5.69 Å². The Morgan fingerprint density at radius 2 is 2.11 bits per heavy atom. The largest absolute Gasteiger partial charge is 0.464 e. The molecule has 18 heavy (non-hydrogen) atoms. The Morgan fingerprint density at radius 1 is 1.44 bits per heavy atom. The highest BCUT2D eigenvalue weighted by molar-refractivity contribution is 5.92. The van der Waals surface area contributed by atoms with Gasteiger partial charge in [0.2, 0.25) is 5.91 Å². The minimum atomic E-state index is -0.597. The highest BCUT2D eigenvalue weighted by Gasteiger charge is 2.20. The minimum Gasteiger partial charge on any atom is -0.464 e. The quantitative estimate of drug-likeness (QED) is 0.757. The van der Waals surface area contributed by atoms with E-state index in [9.17, 15) is 9.59 Å². The zero-order valence-corrected chi connectivity index (χ0v) is 10.3. The van der Waals surface area contributed by atoms with Crippen molar-refractivity contribution in [1.82, 2.24) is 14.7 Å². The second kappa shape index (κ2) is 5.07. The molecule has 2 rings (SSSR count). The third kappa shape index (κ3) is 2.44. The van der Waals surface area contributed by atoms with Crippen LogP contribution in [0.2, 0.25) is 0 Å². The molecule has 1 fully saturated rings. The van der Waals surface area contributed by atoms with Gasteiger partial charge in [-0.05, 0) is 12.8 Å². The number of rotatable bonds is 3. The number of anilines is 1. The molecule has 7 nitrogen and oxygen atoms in total. The summed E-state index contributed by atoms with van der Waals surface area (Å²) in [7, 11) is 1.26. The van der Waals surface area contributed by atoms with Crippen LogP contribution >= 0.6 is 0 Å². The fourth-order valence-corrected chi connectivity index (χ4v) is 1.98. The molecule has 0 spiro atoms. The Labute approximate surface area is 104 Å². The second-order valence-electron chi connectivity index (χ2n) is 4.21. The summed E-state index contributed by atoms with van der Waals surface area (Å²) < 4.78 is 5.92. The zero-order valence-electron chi connectivity index (χ0n) is 10.3. The SMILES string of the molecule is COC(=O)c1nn(CC(=O)N2CCCC2)cc1N. The van der Waals surface area contributed by atoms with Gasteiger partial charge in [-0.15, -0.1) is 0 Å². The molecule has 0 radical (unpaired) electrons. The highest BCUT2D eigenvalue weighted by atomic mass is 16.5. The van der Waals surface area contributed by atoms with Crippen molar-refractivity contribution in [3.05, 3.63) is 11.9 Å². The van der Waals surface area contributed by atoms with Gasteiger partial charge in [0, 0.05) is 19.3 Å². The molecule has 2 N–H and O–H groups in total. The van der Waals surface area contributed by atoms with E-state index in [1.54, 1.807) is 4.90 Å². The molecule has 0 atom stereocenters. The van der Waals surface area contributed by atoms with Gasteiger partial charge in [-0.3, -0.25) is 9.48 Å². The van der Waals surface area contributed by atoms with Gasteiger partial charge in [0.05, 0.1) is 12.8 Å². The lowest BCUT2D eigenvalue weighted by atomic mass is 10.4. The normalized spacial score (nSPS) is 14.8. The first-order chi connectivity index (χ1) is 8.61. The van der Waals surface area contributed by atoms with Crippen LogP contribution in [-0.2, 0) is 16.1 Å². The van der Waals surface area contributed by atoms with E-state index in [4.69, 9.17) is 5.73 Å². The van der Waals surface area contributed by atoms with Crippen molar-refractivity contribution in [2.75, 3.05) is 25.9 Å². The predicted molar refractivity (Wildman–Crippen MR) is 63.8 cm³/mol. The van der Waals surface area contributed by atoms with Gasteiger partial charge in [-0.1, -0.05) is 0 Å². The number of aromatic nitrogens is 2. The van der Waals surface area contributed by atoms with Gasteiger partial charge in [-0.25, -0.2) is 4.79 Å². The van der Waals surface area contributed by atoms with Crippen molar-refractivity contribution >= 4 is 17.6 Å². The van der Waals surface area contributed by atoms with Crippen LogP contribution in [0.3, 0.4) is 0 Å². The van der Waals surface area contributed by atoms with Gasteiger partial charge in [0.1, 0.15) is 6.54 Å². The third-order valence-electron chi connectivity index (χ3n) is 2.92. The van der Waals surface area contributed by atoms with Crippen LogP contribution in [0.5, 0.6) is 0 Å². The average molecular weight is 252 g/mol. The lowest BCUT2D eigenvalue weighted by molar-refractivity contribution is -0.130. The van der Waals surface area contributed by atoms with Crippen molar-refractivity contribution in [2.24, 2.45) is 0 Å². The summed E-state index contributed by atoms with van der Waals surface area (Å²) in [6.45, 7) is 1.68. The molecule has 98 valence electrons. The number of carbonyl (C=O) groups is 2. The number of hydrogen-bond acceptors (Lipinski definition) is 5.